The molecule has 0 aliphatic rings. The molecule has 0 aliphatic heterocycles. The van der Waals surface area contributed by atoms with Crippen molar-refractivity contribution in [2.45, 2.75) is 9.79 Å². The largest absolute Gasteiger partial charge is 0.280 e. The first-order chi connectivity index (χ1) is 10.2. The molecule has 0 fully saturated rings. The minimum atomic E-state index is -3.94. The molecule has 0 saturated carbocycles. The number of nitrogens with one attached hydrogen (secondary N) is 2. The molecule has 118 valence electrons. The highest BCUT2D eigenvalue weighted by atomic mass is 32.2. The van der Waals surface area contributed by atoms with Gasteiger partial charge in [-0.15, -0.1) is 0 Å². The summed E-state index contributed by atoms with van der Waals surface area (Å²) in [6.45, 7) is 0. The van der Waals surface area contributed by atoms with E-state index in [1.165, 1.54) is 43.4 Å². The standard InChI is InChI=1S/C13H13FN2O4S2/c1-15-21(17,18)12-7-5-11(6-8-12)16-22(19,20)13-4-2-3-10(14)9-13/h2-9,15-16H,1H3. The first-order valence-electron chi connectivity index (χ1n) is 6.06. The van der Waals surface area contributed by atoms with E-state index >= 15 is 0 Å². The molecule has 0 aromatic heterocycles. The van der Waals surface area contributed by atoms with E-state index in [1.807, 2.05) is 0 Å². The second-order valence-electron chi connectivity index (χ2n) is 4.29. The summed E-state index contributed by atoms with van der Waals surface area (Å²) in [7, 11) is -6.26. The zero-order valence-electron chi connectivity index (χ0n) is 11.4. The topological polar surface area (TPSA) is 92.3 Å². The van der Waals surface area contributed by atoms with E-state index in [9.17, 15) is 21.2 Å². The maximum absolute atomic E-state index is 13.1. The summed E-state index contributed by atoms with van der Waals surface area (Å²) in [4.78, 5) is -0.219. The van der Waals surface area contributed by atoms with Crippen LogP contribution in [0.5, 0.6) is 0 Å². The molecule has 0 spiro atoms. The third kappa shape index (κ3) is 3.62. The highest BCUT2D eigenvalue weighted by molar-refractivity contribution is 7.92. The highest BCUT2D eigenvalue weighted by Gasteiger charge is 2.16. The van der Waals surface area contributed by atoms with Crippen molar-refractivity contribution >= 4 is 25.7 Å². The minimum Gasteiger partial charge on any atom is -0.280 e. The maximum atomic E-state index is 13.1. The number of hydrogen-bond donors (Lipinski definition) is 2. The molecule has 0 heterocycles. The summed E-state index contributed by atoms with van der Waals surface area (Å²) in [6.07, 6.45) is 0. The van der Waals surface area contributed by atoms with Crippen molar-refractivity contribution in [2.75, 3.05) is 11.8 Å². The van der Waals surface area contributed by atoms with Crippen molar-refractivity contribution in [3.63, 3.8) is 0 Å². The molecule has 0 unspecified atom stereocenters. The van der Waals surface area contributed by atoms with E-state index < -0.39 is 25.9 Å². The van der Waals surface area contributed by atoms with E-state index in [1.54, 1.807) is 0 Å². The molecule has 0 atom stereocenters. The van der Waals surface area contributed by atoms with Crippen molar-refractivity contribution in [3.8, 4) is 0 Å². The third-order valence-electron chi connectivity index (χ3n) is 2.79. The molecular weight excluding hydrogens is 331 g/mol. The fourth-order valence-electron chi connectivity index (χ4n) is 1.67. The van der Waals surface area contributed by atoms with Gasteiger partial charge in [-0.05, 0) is 49.5 Å². The van der Waals surface area contributed by atoms with Gasteiger partial charge in [0, 0.05) is 5.69 Å². The number of rotatable bonds is 5. The van der Waals surface area contributed by atoms with Crippen LogP contribution in [-0.4, -0.2) is 23.9 Å². The van der Waals surface area contributed by atoms with Gasteiger partial charge in [-0.1, -0.05) is 6.07 Å². The van der Waals surface area contributed by atoms with Crippen molar-refractivity contribution in [2.24, 2.45) is 0 Å². The van der Waals surface area contributed by atoms with Gasteiger partial charge in [-0.25, -0.2) is 25.9 Å². The van der Waals surface area contributed by atoms with E-state index in [-0.39, 0.29) is 15.5 Å². The molecule has 0 bridgehead atoms. The van der Waals surface area contributed by atoms with E-state index in [4.69, 9.17) is 0 Å². The van der Waals surface area contributed by atoms with Crippen molar-refractivity contribution in [3.05, 3.63) is 54.3 Å². The molecular formula is C13H13FN2O4S2. The normalized spacial score (nSPS) is 12.1. The van der Waals surface area contributed by atoms with Crippen molar-refractivity contribution in [1.29, 1.82) is 0 Å². The summed E-state index contributed by atoms with van der Waals surface area (Å²) >= 11 is 0. The molecule has 0 aliphatic carbocycles. The molecule has 2 rings (SSSR count). The molecule has 2 N–H and O–H groups in total. The Balaban J connectivity index is 2.28. The lowest BCUT2D eigenvalue weighted by Crippen LogP contribution is -2.18. The maximum Gasteiger partial charge on any atom is 0.261 e. The fraction of sp³-hybridized carbons (Fsp3) is 0.0769. The van der Waals surface area contributed by atoms with Crippen molar-refractivity contribution in [1.82, 2.24) is 4.72 Å². The lowest BCUT2D eigenvalue weighted by atomic mass is 10.3. The Bertz CT molecular complexity index is 879. The van der Waals surface area contributed by atoms with Crippen LogP contribution in [0.2, 0.25) is 0 Å². The predicted molar refractivity (Wildman–Crippen MR) is 79.9 cm³/mol. The first-order valence-corrected chi connectivity index (χ1v) is 9.03. The Kier molecular flexibility index (Phi) is 4.50. The Hall–Kier alpha value is -1.97. The quantitative estimate of drug-likeness (QED) is 0.860. The molecule has 6 nitrogen and oxygen atoms in total. The first kappa shape index (κ1) is 16.4. The van der Waals surface area contributed by atoms with Crippen LogP contribution in [0.4, 0.5) is 10.1 Å². The Morgan fingerprint density at radius 2 is 1.50 bits per heavy atom. The number of sulfonamides is 2. The van der Waals surface area contributed by atoms with Gasteiger partial charge in [0.05, 0.1) is 9.79 Å². The average molecular weight is 344 g/mol. The van der Waals surface area contributed by atoms with Crippen LogP contribution in [0.25, 0.3) is 0 Å². The summed E-state index contributed by atoms with van der Waals surface area (Å²) in [5, 5.41) is 0. The zero-order valence-corrected chi connectivity index (χ0v) is 13.1. The SMILES string of the molecule is CNS(=O)(=O)c1ccc(NS(=O)(=O)c2cccc(F)c2)cc1. The third-order valence-corrected chi connectivity index (χ3v) is 5.60. The van der Waals surface area contributed by atoms with Gasteiger partial charge in [0.15, 0.2) is 0 Å². The van der Waals surface area contributed by atoms with Gasteiger partial charge in [-0.3, -0.25) is 4.72 Å². The van der Waals surface area contributed by atoms with Gasteiger partial charge in [-0.2, -0.15) is 0 Å². The number of hydrogen-bond acceptors (Lipinski definition) is 4. The monoisotopic (exact) mass is 344 g/mol. The number of benzene rings is 2. The smallest absolute Gasteiger partial charge is 0.261 e. The van der Waals surface area contributed by atoms with Gasteiger partial charge in [0.25, 0.3) is 10.0 Å². The second-order valence-corrected chi connectivity index (χ2v) is 7.86. The molecule has 22 heavy (non-hydrogen) atoms. The van der Waals surface area contributed by atoms with Crippen LogP contribution in [0.1, 0.15) is 0 Å². The van der Waals surface area contributed by atoms with Gasteiger partial charge < -0.3 is 0 Å². The summed E-state index contributed by atoms with van der Waals surface area (Å²) in [5.74, 6) is -0.668. The van der Waals surface area contributed by atoms with Gasteiger partial charge >= 0.3 is 0 Å². The van der Waals surface area contributed by atoms with Crippen LogP contribution in [0, 0.1) is 5.82 Å². The van der Waals surface area contributed by atoms with Crippen LogP contribution in [-0.2, 0) is 20.0 Å². The second kappa shape index (κ2) is 6.03. The number of halogens is 1. The zero-order chi connectivity index (χ0) is 16.4. The van der Waals surface area contributed by atoms with Crippen LogP contribution >= 0.6 is 0 Å². The van der Waals surface area contributed by atoms with Crippen LogP contribution in [0.3, 0.4) is 0 Å². The Morgan fingerprint density at radius 3 is 2.05 bits per heavy atom. The van der Waals surface area contributed by atoms with Gasteiger partial charge in [0.1, 0.15) is 5.82 Å². The summed E-state index contributed by atoms with van der Waals surface area (Å²) < 4.78 is 64.8. The van der Waals surface area contributed by atoms with Gasteiger partial charge in [0.2, 0.25) is 10.0 Å². The Labute approximate surface area is 128 Å². The van der Waals surface area contributed by atoms with E-state index in [0.717, 1.165) is 12.1 Å². The average Bonchev–Trinajstić information content (AvgIpc) is 2.47. The number of anilines is 1. The molecule has 0 amide bonds. The van der Waals surface area contributed by atoms with Crippen LogP contribution < -0.4 is 9.44 Å². The Morgan fingerprint density at radius 1 is 0.864 bits per heavy atom. The van der Waals surface area contributed by atoms with Crippen molar-refractivity contribution < 1.29 is 21.2 Å². The highest BCUT2D eigenvalue weighted by Crippen LogP contribution is 2.18. The lowest BCUT2D eigenvalue weighted by Gasteiger charge is -2.09. The lowest BCUT2D eigenvalue weighted by molar-refractivity contribution is 0.588. The van der Waals surface area contributed by atoms with E-state index in [0.29, 0.717) is 0 Å². The molecule has 0 saturated heterocycles. The minimum absolute atomic E-state index is 0.00343. The summed E-state index contributed by atoms with van der Waals surface area (Å²) in [6, 6.07) is 9.70. The van der Waals surface area contributed by atoms with Crippen LogP contribution in [0.15, 0.2) is 58.3 Å². The molecule has 2 aromatic carbocycles. The summed E-state index contributed by atoms with van der Waals surface area (Å²) in [5.41, 5.74) is 0.166. The molecule has 2 aromatic rings. The van der Waals surface area contributed by atoms with E-state index in [2.05, 4.69) is 9.44 Å². The molecule has 9 heteroatoms. The fourth-order valence-corrected chi connectivity index (χ4v) is 3.49. The predicted octanol–water partition coefficient (Wildman–Crippen LogP) is 1.53. The molecule has 0 radical (unpaired) electrons.